The van der Waals surface area contributed by atoms with Gasteiger partial charge in [-0.15, -0.1) is 0 Å². The molecule has 1 N–H and O–H groups in total. The van der Waals surface area contributed by atoms with E-state index in [0.717, 1.165) is 28.1 Å². The van der Waals surface area contributed by atoms with Crippen molar-refractivity contribution in [3.05, 3.63) is 65.5 Å². The van der Waals surface area contributed by atoms with Crippen LogP contribution in [-0.4, -0.2) is 27.1 Å². The molecular formula is C21H27FN2O3S. The number of rotatable bonds is 9. The van der Waals surface area contributed by atoms with Crippen LogP contribution in [0.2, 0.25) is 0 Å². The van der Waals surface area contributed by atoms with Gasteiger partial charge in [-0.05, 0) is 43.0 Å². The third-order valence-corrected chi connectivity index (χ3v) is 5.77. The van der Waals surface area contributed by atoms with Crippen molar-refractivity contribution in [1.29, 1.82) is 0 Å². The minimum Gasteiger partial charge on any atom is -0.349 e. The molecule has 28 heavy (non-hydrogen) atoms. The highest BCUT2D eigenvalue weighted by Crippen LogP contribution is 2.23. The number of nitrogens with zero attached hydrogens (tertiary/aromatic N) is 1. The third-order valence-electron chi connectivity index (χ3n) is 4.59. The fourth-order valence-electron chi connectivity index (χ4n) is 3.15. The van der Waals surface area contributed by atoms with Crippen LogP contribution >= 0.6 is 0 Å². The molecule has 0 saturated carbocycles. The van der Waals surface area contributed by atoms with Gasteiger partial charge < -0.3 is 5.32 Å². The maximum atomic E-state index is 14.0. The molecule has 152 valence electrons. The number of sulfonamides is 1. The first-order valence-electron chi connectivity index (χ1n) is 9.31. The standard InChI is InChI=1S/C21H27FN2O3S/c1-4-19(17-11-6-5-10-16(17)2)23-21(25)14-9-15-24(28(3,26)27)20-13-8-7-12-18(20)22/h5-8,10-13,19H,4,9,14-15H2,1-3H3,(H,23,25)/t19-/m0/s1. The van der Waals surface area contributed by atoms with Gasteiger partial charge in [-0.3, -0.25) is 9.10 Å². The summed E-state index contributed by atoms with van der Waals surface area (Å²) in [6.45, 7) is 4.04. The van der Waals surface area contributed by atoms with Crippen LogP contribution in [0.15, 0.2) is 48.5 Å². The van der Waals surface area contributed by atoms with Crippen molar-refractivity contribution in [2.75, 3.05) is 17.1 Å². The molecule has 1 amide bonds. The fourth-order valence-corrected chi connectivity index (χ4v) is 4.11. The molecule has 0 aliphatic carbocycles. The number of amides is 1. The quantitative estimate of drug-likeness (QED) is 0.686. The van der Waals surface area contributed by atoms with Gasteiger partial charge in [0, 0.05) is 13.0 Å². The van der Waals surface area contributed by atoms with E-state index in [-0.39, 0.29) is 37.0 Å². The van der Waals surface area contributed by atoms with Crippen molar-refractivity contribution in [3.8, 4) is 0 Å². The Balaban J connectivity index is 1.99. The zero-order valence-corrected chi connectivity index (χ0v) is 17.3. The van der Waals surface area contributed by atoms with E-state index in [1.54, 1.807) is 6.07 Å². The lowest BCUT2D eigenvalue weighted by Crippen LogP contribution is -2.33. The number of aryl methyl sites for hydroxylation is 1. The van der Waals surface area contributed by atoms with Gasteiger partial charge in [0.15, 0.2) is 0 Å². The summed E-state index contributed by atoms with van der Waals surface area (Å²) >= 11 is 0. The molecule has 0 aliphatic heterocycles. The van der Waals surface area contributed by atoms with Crippen LogP contribution in [-0.2, 0) is 14.8 Å². The van der Waals surface area contributed by atoms with Crippen molar-refractivity contribution in [2.24, 2.45) is 0 Å². The van der Waals surface area contributed by atoms with Crippen molar-refractivity contribution in [3.63, 3.8) is 0 Å². The van der Waals surface area contributed by atoms with E-state index in [0.29, 0.717) is 0 Å². The number of nitrogens with one attached hydrogen (secondary N) is 1. The van der Waals surface area contributed by atoms with E-state index in [4.69, 9.17) is 0 Å². The minimum atomic E-state index is -3.65. The number of halogens is 1. The van der Waals surface area contributed by atoms with E-state index in [9.17, 15) is 17.6 Å². The van der Waals surface area contributed by atoms with Crippen LogP contribution in [0.3, 0.4) is 0 Å². The smallest absolute Gasteiger partial charge is 0.232 e. The Morgan fingerprint density at radius 3 is 2.39 bits per heavy atom. The molecule has 0 fully saturated rings. The Morgan fingerprint density at radius 2 is 1.79 bits per heavy atom. The molecule has 7 heteroatoms. The second-order valence-corrected chi connectivity index (χ2v) is 8.68. The molecule has 0 unspecified atom stereocenters. The number of anilines is 1. The normalized spacial score (nSPS) is 12.4. The molecule has 2 aromatic carbocycles. The molecule has 2 aromatic rings. The van der Waals surface area contributed by atoms with Crippen LogP contribution in [0.1, 0.15) is 43.4 Å². The maximum absolute atomic E-state index is 14.0. The Kier molecular flexibility index (Phi) is 7.57. The number of carbonyl (C=O) groups is 1. The monoisotopic (exact) mass is 406 g/mol. The summed E-state index contributed by atoms with van der Waals surface area (Å²) in [6.07, 6.45) is 2.23. The molecule has 0 aliphatic rings. The molecule has 0 radical (unpaired) electrons. The summed E-state index contributed by atoms with van der Waals surface area (Å²) < 4.78 is 39.2. The van der Waals surface area contributed by atoms with Gasteiger partial charge in [0.05, 0.1) is 18.0 Å². The molecule has 0 spiro atoms. The molecular weight excluding hydrogens is 379 g/mol. The van der Waals surface area contributed by atoms with E-state index in [1.165, 1.54) is 18.2 Å². The predicted octanol–water partition coefficient (Wildman–Crippen LogP) is 3.95. The van der Waals surface area contributed by atoms with Crippen LogP contribution in [0, 0.1) is 12.7 Å². The Morgan fingerprint density at radius 1 is 1.14 bits per heavy atom. The van der Waals surface area contributed by atoms with Gasteiger partial charge in [0.2, 0.25) is 15.9 Å². The first kappa shape index (κ1) is 21.9. The van der Waals surface area contributed by atoms with E-state index < -0.39 is 15.8 Å². The molecule has 0 saturated heterocycles. The van der Waals surface area contributed by atoms with Crippen molar-refractivity contribution in [1.82, 2.24) is 5.32 Å². The second kappa shape index (κ2) is 9.68. The van der Waals surface area contributed by atoms with Crippen molar-refractivity contribution >= 4 is 21.6 Å². The SMILES string of the molecule is CC[C@H](NC(=O)CCCN(c1ccccc1F)S(C)(=O)=O)c1ccccc1C. The van der Waals surface area contributed by atoms with Gasteiger partial charge in [0.25, 0.3) is 0 Å². The maximum Gasteiger partial charge on any atom is 0.232 e. The number of benzene rings is 2. The minimum absolute atomic E-state index is 0.00301. The second-order valence-electron chi connectivity index (χ2n) is 6.78. The number of para-hydroxylation sites is 1. The number of hydrogen-bond donors (Lipinski definition) is 1. The van der Waals surface area contributed by atoms with Crippen molar-refractivity contribution in [2.45, 2.75) is 39.2 Å². The largest absolute Gasteiger partial charge is 0.349 e. The summed E-state index contributed by atoms with van der Waals surface area (Å²) in [5, 5.41) is 3.01. The average molecular weight is 407 g/mol. The third kappa shape index (κ3) is 5.79. The molecule has 0 bridgehead atoms. The van der Waals surface area contributed by atoms with E-state index in [2.05, 4.69) is 5.32 Å². The van der Waals surface area contributed by atoms with Gasteiger partial charge in [-0.1, -0.05) is 43.3 Å². The average Bonchev–Trinajstić information content (AvgIpc) is 2.64. The van der Waals surface area contributed by atoms with E-state index >= 15 is 0 Å². The molecule has 0 aromatic heterocycles. The topological polar surface area (TPSA) is 66.5 Å². The summed E-state index contributed by atoms with van der Waals surface area (Å²) in [5.74, 6) is -0.764. The van der Waals surface area contributed by atoms with E-state index in [1.807, 2.05) is 38.1 Å². The zero-order chi connectivity index (χ0) is 20.7. The van der Waals surface area contributed by atoms with Crippen LogP contribution in [0.5, 0.6) is 0 Å². The first-order valence-corrected chi connectivity index (χ1v) is 11.2. The fraction of sp³-hybridized carbons (Fsp3) is 0.381. The predicted molar refractivity (Wildman–Crippen MR) is 110 cm³/mol. The molecule has 5 nitrogen and oxygen atoms in total. The van der Waals surface area contributed by atoms with Gasteiger partial charge >= 0.3 is 0 Å². The van der Waals surface area contributed by atoms with Crippen LogP contribution in [0.4, 0.5) is 10.1 Å². The summed E-state index contributed by atoms with van der Waals surface area (Å²) in [5.41, 5.74) is 2.18. The number of carbonyl (C=O) groups excluding carboxylic acids is 1. The summed E-state index contributed by atoms with van der Waals surface area (Å²) in [7, 11) is -3.65. The lowest BCUT2D eigenvalue weighted by atomic mass is 9.99. The van der Waals surface area contributed by atoms with Gasteiger partial charge in [-0.25, -0.2) is 12.8 Å². The Labute approximate surface area is 166 Å². The van der Waals surface area contributed by atoms with Crippen LogP contribution < -0.4 is 9.62 Å². The van der Waals surface area contributed by atoms with Gasteiger partial charge in [0.1, 0.15) is 5.82 Å². The van der Waals surface area contributed by atoms with Crippen molar-refractivity contribution < 1.29 is 17.6 Å². The lowest BCUT2D eigenvalue weighted by Gasteiger charge is -2.23. The number of hydrogen-bond acceptors (Lipinski definition) is 3. The molecule has 0 heterocycles. The Hall–Kier alpha value is -2.41. The summed E-state index contributed by atoms with van der Waals surface area (Å²) in [4.78, 5) is 12.4. The van der Waals surface area contributed by atoms with Gasteiger partial charge in [-0.2, -0.15) is 0 Å². The van der Waals surface area contributed by atoms with Crippen LogP contribution in [0.25, 0.3) is 0 Å². The summed E-state index contributed by atoms with van der Waals surface area (Å²) in [6, 6.07) is 13.5. The zero-order valence-electron chi connectivity index (χ0n) is 16.5. The highest BCUT2D eigenvalue weighted by atomic mass is 32.2. The lowest BCUT2D eigenvalue weighted by molar-refractivity contribution is -0.121. The highest BCUT2D eigenvalue weighted by Gasteiger charge is 2.21. The highest BCUT2D eigenvalue weighted by molar-refractivity contribution is 7.92. The first-order chi connectivity index (χ1) is 13.2. The Bertz CT molecular complexity index is 915. The molecule has 2 rings (SSSR count). The molecule has 1 atom stereocenters.